The molecular weight excluding hydrogens is 348 g/mol. The minimum Gasteiger partial charge on any atom is -0.345 e. The topological polar surface area (TPSA) is 98.2 Å². The molecule has 9 heteroatoms. The van der Waals surface area contributed by atoms with Crippen LogP contribution in [0.4, 0.5) is 0 Å². The van der Waals surface area contributed by atoms with Gasteiger partial charge in [-0.2, -0.15) is 4.98 Å². The number of halogens is 2. The second-order valence-electron chi connectivity index (χ2n) is 4.61. The van der Waals surface area contributed by atoms with Crippen molar-refractivity contribution < 1.29 is 4.79 Å². The summed E-state index contributed by atoms with van der Waals surface area (Å²) in [6.45, 7) is 0.438. The summed E-state index contributed by atoms with van der Waals surface area (Å²) >= 11 is 3.29. The quantitative estimate of drug-likeness (QED) is 0.838. The third-order valence-electron chi connectivity index (χ3n) is 3.13. The van der Waals surface area contributed by atoms with Crippen molar-refractivity contribution in [3.8, 4) is 0 Å². The molecule has 2 heterocycles. The van der Waals surface area contributed by atoms with Gasteiger partial charge in [0.2, 0.25) is 5.82 Å². The molecule has 0 aromatic carbocycles. The largest absolute Gasteiger partial charge is 0.345 e. The molecular formula is C11H14BrClN6O. The SMILES string of the molecule is Cl.NCC(NC(=O)c1nc2ncc(Br)cn2n1)C1CC1. The van der Waals surface area contributed by atoms with Crippen molar-refractivity contribution in [1.29, 1.82) is 0 Å². The molecule has 7 nitrogen and oxygen atoms in total. The number of carbonyl (C=O) groups is 1. The Morgan fingerprint density at radius 1 is 1.60 bits per heavy atom. The van der Waals surface area contributed by atoms with Crippen LogP contribution in [0.1, 0.15) is 23.5 Å². The minimum atomic E-state index is -0.302. The van der Waals surface area contributed by atoms with Crippen LogP contribution in [-0.4, -0.2) is 38.1 Å². The Morgan fingerprint density at radius 3 is 3.00 bits per heavy atom. The second kappa shape index (κ2) is 6.02. The fraction of sp³-hybridized carbons (Fsp3) is 0.455. The van der Waals surface area contributed by atoms with Crippen molar-refractivity contribution in [3.63, 3.8) is 0 Å². The van der Waals surface area contributed by atoms with E-state index in [1.807, 2.05) is 0 Å². The average Bonchev–Trinajstić information content (AvgIpc) is 3.15. The lowest BCUT2D eigenvalue weighted by atomic mass is 10.2. The van der Waals surface area contributed by atoms with Gasteiger partial charge in [0.25, 0.3) is 11.7 Å². The Bertz CT molecular complexity index is 628. The van der Waals surface area contributed by atoms with Crippen molar-refractivity contribution >= 4 is 40.0 Å². The normalized spacial score (nSPS) is 15.7. The molecule has 1 fully saturated rings. The van der Waals surface area contributed by atoms with Crippen molar-refractivity contribution in [2.24, 2.45) is 11.7 Å². The van der Waals surface area contributed by atoms with E-state index in [-0.39, 0.29) is 30.2 Å². The van der Waals surface area contributed by atoms with E-state index < -0.39 is 0 Å². The number of fused-ring (bicyclic) bond motifs is 1. The fourth-order valence-corrected chi connectivity index (χ4v) is 2.25. The monoisotopic (exact) mass is 360 g/mol. The van der Waals surface area contributed by atoms with Gasteiger partial charge in [-0.3, -0.25) is 4.79 Å². The van der Waals surface area contributed by atoms with Crippen LogP contribution in [0.25, 0.3) is 5.78 Å². The molecule has 1 aliphatic rings. The van der Waals surface area contributed by atoms with Gasteiger partial charge in [-0.25, -0.2) is 9.50 Å². The molecule has 1 amide bonds. The molecule has 1 saturated carbocycles. The Kier molecular flexibility index (Phi) is 4.56. The van der Waals surface area contributed by atoms with E-state index in [1.165, 1.54) is 4.52 Å². The fourth-order valence-electron chi connectivity index (χ4n) is 1.96. The van der Waals surface area contributed by atoms with Gasteiger partial charge in [0.15, 0.2) is 0 Å². The third kappa shape index (κ3) is 3.08. The summed E-state index contributed by atoms with van der Waals surface area (Å²) in [5, 5.41) is 6.98. The van der Waals surface area contributed by atoms with E-state index in [4.69, 9.17) is 5.73 Å². The van der Waals surface area contributed by atoms with Crippen molar-refractivity contribution in [3.05, 3.63) is 22.7 Å². The Hall–Kier alpha value is -1.25. The van der Waals surface area contributed by atoms with Gasteiger partial charge in [0.1, 0.15) is 0 Å². The molecule has 0 spiro atoms. The first-order valence-corrected chi connectivity index (χ1v) is 6.85. The molecule has 1 atom stereocenters. The standard InChI is InChI=1S/C11H13BrN6O.ClH/c12-7-4-14-11-16-9(17-18(11)5-7)10(19)15-8(3-13)6-1-2-6;/h4-6,8H,1-3,13H2,(H,15,19);1H. The number of nitrogens with one attached hydrogen (secondary N) is 1. The van der Waals surface area contributed by atoms with Gasteiger partial charge in [-0.05, 0) is 34.7 Å². The van der Waals surface area contributed by atoms with Crippen LogP contribution in [0.5, 0.6) is 0 Å². The first kappa shape index (κ1) is 15.1. The number of nitrogens with two attached hydrogens (primary N) is 1. The van der Waals surface area contributed by atoms with Crippen LogP contribution in [0.2, 0.25) is 0 Å². The van der Waals surface area contributed by atoms with E-state index in [1.54, 1.807) is 12.4 Å². The minimum absolute atomic E-state index is 0. The molecule has 0 saturated heterocycles. The van der Waals surface area contributed by atoms with Gasteiger partial charge in [0, 0.05) is 25.0 Å². The van der Waals surface area contributed by atoms with Gasteiger partial charge in [-0.15, -0.1) is 17.5 Å². The van der Waals surface area contributed by atoms with Crippen LogP contribution >= 0.6 is 28.3 Å². The van der Waals surface area contributed by atoms with Gasteiger partial charge in [0.05, 0.1) is 4.47 Å². The van der Waals surface area contributed by atoms with Gasteiger partial charge >= 0.3 is 0 Å². The van der Waals surface area contributed by atoms with Crippen LogP contribution < -0.4 is 11.1 Å². The molecule has 0 aliphatic heterocycles. The molecule has 20 heavy (non-hydrogen) atoms. The highest BCUT2D eigenvalue weighted by molar-refractivity contribution is 9.10. The lowest BCUT2D eigenvalue weighted by Crippen LogP contribution is -2.42. The lowest BCUT2D eigenvalue weighted by molar-refractivity contribution is 0.0923. The number of nitrogens with zero attached hydrogens (tertiary/aromatic N) is 4. The van der Waals surface area contributed by atoms with Crippen molar-refractivity contribution in [2.75, 3.05) is 6.54 Å². The first-order chi connectivity index (χ1) is 9.17. The maximum Gasteiger partial charge on any atom is 0.291 e. The summed E-state index contributed by atoms with van der Waals surface area (Å²) in [6, 6.07) is 0.0128. The smallest absolute Gasteiger partial charge is 0.291 e. The molecule has 0 bridgehead atoms. The summed E-state index contributed by atoms with van der Waals surface area (Å²) in [7, 11) is 0. The van der Waals surface area contributed by atoms with Crippen molar-refractivity contribution in [1.82, 2.24) is 24.9 Å². The van der Waals surface area contributed by atoms with Gasteiger partial charge < -0.3 is 11.1 Å². The highest BCUT2D eigenvalue weighted by Gasteiger charge is 2.32. The maximum absolute atomic E-state index is 12.1. The Morgan fingerprint density at radius 2 is 2.35 bits per heavy atom. The number of hydrogen-bond donors (Lipinski definition) is 2. The zero-order valence-electron chi connectivity index (χ0n) is 10.5. The molecule has 1 aliphatic carbocycles. The van der Waals surface area contributed by atoms with E-state index in [2.05, 4.69) is 36.3 Å². The summed E-state index contributed by atoms with van der Waals surface area (Å²) in [5.74, 6) is 0.705. The number of hydrogen-bond acceptors (Lipinski definition) is 5. The highest BCUT2D eigenvalue weighted by atomic mass is 79.9. The second-order valence-corrected chi connectivity index (χ2v) is 5.52. The van der Waals surface area contributed by atoms with E-state index >= 15 is 0 Å². The molecule has 2 aromatic rings. The Balaban J connectivity index is 0.00000147. The summed E-state index contributed by atoms with van der Waals surface area (Å²) < 4.78 is 2.24. The molecule has 2 aromatic heterocycles. The van der Waals surface area contributed by atoms with Crippen molar-refractivity contribution in [2.45, 2.75) is 18.9 Å². The molecule has 3 rings (SSSR count). The van der Waals surface area contributed by atoms with E-state index in [0.29, 0.717) is 18.2 Å². The zero-order valence-corrected chi connectivity index (χ0v) is 12.9. The average molecular weight is 362 g/mol. The number of carbonyl (C=O) groups excluding carboxylic acids is 1. The predicted molar refractivity (Wildman–Crippen MR) is 78.8 cm³/mol. The highest BCUT2D eigenvalue weighted by Crippen LogP contribution is 2.32. The molecule has 108 valence electrons. The number of rotatable bonds is 4. The van der Waals surface area contributed by atoms with Crippen LogP contribution in [0.15, 0.2) is 16.9 Å². The molecule has 1 unspecified atom stereocenters. The predicted octanol–water partition coefficient (Wildman–Crippen LogP) is 0.776. The summed E-state index contributed by atoms with van der Waals surface area (Å²) in [4.78, 5) is 20.2. The molecule has 0 radical (unpaired) electrons. The third-order valence-corrected chi connectivity index (χ3v) is 3.54. The van der Waals surface area contributed by atoms with E-state index in [0.717, 1.165) is 17.3 Å². The first-order valence-electron chi connectivity index (χ1n) is 6.06. The molecule has 3 N–H and O–H groups in total. The van der Waals surface area contributed by atoms with Crippen LogP contribution in [-0.2, 0) is 0 Å². The number of aromatic nitrogens is 4. The maximum atomic E-state index is 12.1. The lowest BCUT2D eigenvalue weighted by Gasteiger charge is -2.14. The number of amides is 1. The summed E-state index contributed by atoms with van der Waals surface area (Å²) in [6.07, 6.45) is 5.55. The Labute approximate surface area is 129 Å². The van der Waals surface area contributed by atoms with Crippen LogP contribution in [0, 0.1) is 5.92 Å². The van der Waals surface area contributed by atoms with Gasteiger partial charge in [-0.1, -0.05) is 0 Å². The van der Waals surface area contributed by atoms with Crippen LogP contribution in [0.3, 0.4) is 0 Å². The van der Waals surface area contributed by atoms with E-state index in [9.17, 15) is 4.79 Å². The zero-order chi connectivity index (χ0) is 13.4. The summed E-state index contributed by atoms with van der Waals surface area (Å²) in [5.41, 5.74) is 5.66.